The molecule has 17 heavy (non-hydrogen) atoms. The molecule has 0 bridgehead atoms. The Morgan fingerprint density at radius 2 is 2.06 bits per heavy atom. The second-order valence-electron chi connectivity index (χ2n) is 3.81. The molecule has 0 fully saturated rings. The van der Waals surface area contributed by atoms with E-state index >= 15 is 0 Å². The van der Waals surface area contributed by atoms with Crippen molar-refractivity contribution >= 4 is 23.7 Å². The van der Waals surface area contributed by atoms with Crippen LogP contribution in [-0.2, 0) is 4.79 Å². The van der Waals surface area contributed by atoms with Crippen LogP contribution in [0.1, 0.15) is 16.5 Å². The summed E-state index contributed by atoms with van der Waals surface area (Å²) in [5, 5.41) is 1.99. The van der Waals surface area contributed by atoms with Crippen molar-refractivity contribution in [1.82, 2.24) is 0 Å². The van der Waals surface area contributed by atoms with Gasteiger partial charge >= 0.3 is 0 Å². The number of para-hydroxylation sites is 1. The summed E-state index contributed by atoms with van der Waals surface area (Å²) in [4.78, 5) is 12.2. The molecule has 84 valence electrons. The van der Waals surface area contributed by atoms with Crippen LogP contribution in [0.3, 0.4) is 0 Å². The van der Waals surface area contributed by atoms with Crippen LogP contribution in [0, 0.1) is 0 Å². The van der Waals surface area contributed by atoms with Crippen LogP contribution < -0.4 is 4.74 Å². The van der Waals surface area contributed by atoms with E-state index in [0.717, 1.165) is 22.5 Å². The quantitative estimate of drug-likeness (QED) is 0.754. The standard InChI is InChI=1S/C14H10O2S/c15-9-11-8-10-4-1-2-5-12(10)16-14(11)13-6-3-7-17-13/h1-9,14H/t14-/m0/s1. The number of ether oxygens (including phenoxy) is 1. The Hall–Kier alpha value is -1.87. The van der Waals surface area contributed by atoms with Crippen LogP contribution in [0.4, 0.5) is 0 Å². The van der Waals surface area contributed by atoms with Crippen LogP contribution in [-0.4, -0.2) is 6.29 Å². The van der Waals surface area contributed by atoms with Crippen LogP contribution in [0.5, 0.6) is 5.75 Å². The summed E-state index contributed by atoms with van der Waals surface area (Å²) >= 11 is 1.60. The fourth-order valence-corrected chi connectivity index (χ4v) is 2.70. The molecule has 0 N–H and O–H groups in total. The summed E-state index contributed by atoms with van der Waals surface area (Å²) in [6.07, 6.45) is 2.51. The van der Waals surface area contributed by atoms with Crippen molar-refractivity contribution in [3.8, 4) is 5.75 Å². The van der Waals surface area contributed by atoms with Crippen molar-refractivity contribution < 1.29 is 9.53 Å². The Morgan fingerprint density at radius 1 is 1.18 bits per heavy atom. The summed E-state index contributed by atoms with van der Waals surface area (Å²) in [5.41, 5.74) is 1.63. The number of rotatable bonds is 2. The van der Waals surface area contributed by atoms with Gasteiger partial charge in [-0.1, -0.05) is 24.3 Å². The van der Waals surface area contributed by atoms with Gasteiger partial charge in [0.15, 0.2) is 6.10 Å². The average molecular weight is 242 g/mol. The van der Waals surface area contributed by atoms with E-state index in [1.165, 1.54) is 0 Å². The fraction of sp³-hybridized carbons (Fsp3) is 0.0714. The van der Waals surface area contributed by atoms with Crippen LogP contribution in [0.25, 0.3) is 6.08 Å². The molecule has 2 aromatic rings. The molecule has 0 saturated carbocycles. The van der Waals surface area contributed by atoms with Gasteiger partial charge in [0.1, 0.15) is 12.0 Å². The van der Waals surface area contributed by atoms with Gasteiger partial charge in [0.05, 0.1) is 0 Å². The lowest BCUT2D eigenvalue weighted by Crippen LogP contribution is -2.14. The first-order valence-electron chi connectivity index (χ1n) is 5.34. The number of hydrogen-bond acceptors (Lipinski definition) is 3. The largest absolute Gasteiger partial charge is 0.479 e. The SMILES string of the molecule is O=CC1=Cc2ccccc2O[C@@H]1c1cccs1. The minimum absolute atomic E-state index is 0.262. The van der Waals surface area contributed by atoms with Gasteiger partial charge in [-0.15, -0.1) is 11.3 Å². The van der Waals surface area contributed by atoms with Crippen molar-refractivity contribution in [2.45, 2.75) is 6.10 Å². The van der Waals surface area contributed by atoms with E-state index in [1.807, 2.05) is 47.9 Å². The lowest BCUT2D eigenvalue weighted by molar-refractivity contribution is -0.105. The molecule has 0 radical (unpaired) electrons. The molecular formula is C14H10O2S. The Morgan fingerprint density at radius 3 is 2.82 bits per heavy atom. The molecule has 2 heterocycles. The van der Waals surface area contributed by atoms with Crippen LogP contribution in [0.2, 0.25) is 0 Å². The first-order valence-corrected chi connectivity index (χ1v) is 6.22. The second-order valence-corrected chi connectivity index (χ2v) is 4.79. The lowest BCUT2D eigenvalue weighted by atomic mass is 10.0. The summed E-state index contributed by atoms with van der Waals surface area (Å²) in [6, 6.07) is 11.7. The molecular weight excluding hydrogens is 232 g/mol. The van der Waals surface area contributed by atoms with Gasteiger partial charge in [-0.05, 0) is 23.6 Å². The zero-order chi connectivity index (χ0) is 11.7. The van der Waals surface area contributed by atoms with Gasteiger partial charge in [0.2, 0.25) is 0 Å². The maximum absolute atomic E-state index is 11.1. The molecule has 1 aromatic carbocycles. The molecule has 1 aliphatic heterocycles. The van der Waals surface area contributed by atoms with Crippen LogP contribution >= 0.6 is 11.3 Å². The number of thiophene rings is 1. The molecule has 0 amide bonds. The third-order valence-corrected chi connectivity index (χ3v) is 3.64. The van der Waals surface area contributed by atoms with Gasteiger partial charge in [0.25, 0.3) is 0 Å². The Bertz CT molecular complexity index is 570. The molecule has 0 spiro atoms. The minimum Gasteiger partial charge on any atom is -0.479 e. The van der Waals surface area contributed by atoms with Gasteiger partial charge < -0.3 is 4.74 Å². The van der Waals surface area contributed by atoms with Gasteiger partial charge in [-0.3, -0.25) is 4.79 Å². The molecule has 1 aliphatic rings. The topological polar surface area (TPSA) is 26.3 Å². The maximum atomic E-state index is 11.1. The highest BCUT2D eigenvalue weighted by molar-refractivity contribution is 7.10. The molecule has 3 heteroatoms. The number of fused-ring (bicyclic) bond motifs is 1. The second kappa shape index (κ2) is 4.18. The van der Waals surface area contributed by atoms with Crippen LogP contribution in [0.15, 0.2) is 47.4 Å². The predicted molar refractivity (Wildman–Crippen MR) is 68.2 cm³/mol. The Kier molecular flexibility index (Phi) is 2.53. The molecule has 0 unspecified atom stereocenters. The fourth-order valence-electron chi connectivity index (χ4n) is 1.92. The van der Waals surface area contributed by atoms with Crippen molar-refractivity contribution in [1.29, 1.82) is 0 Å². The number of aldehydes is 1. The summed E-state index contributed by atoms with van der Waals surface area (Å²) in [6.45, 7) is 0. The smallest absolute Gasteiger partial charge is 0.161 e. The van der Waals surface area contributed by atoms with E-state index in [9.17, 15) is 4.79 Å². The van der Waals surface area contributed by atoms with E-state index < -0.39 is 0 Å². The number of hydrogen-bond donors (Lipinski definition) is 0. The van der Waals surface area contributed by atoms with Gasteiger partial charge in [-0.2, -0.15) is 0 Å². The molecule has 0 saturated heterocycles. The molecule has 1 atom stereocenters. The first-order chi connectivity index (χ1) is 8.38. The van der Waals surface area contributed by atoms with Gasteiger partial charge in [-0.25, -0.2) is 0 Å². The van der Waals surface area contributed by atoms with E-state index in [4.69, 9.17) is 4.74 Å². The predicted octanol–water partition coefficient (Wildman–Crippen LogP) is 3.46. The number of carbonyl (C=O) groups excluding carboxylic acids is 1. The third kappa shape index (κ3) is 1.78. The van der Waals surface area contributed by atoms with E-state index in [2.05, 4.69) is 0 Å². The molecule has 0 aliphatic carbocycles. The van der Waals surface area contributed by atoms with E-state index in [0.29, 0.717) is 5.57 Å². The minimum atomic E-state index is -0.262. The van der Waals surface area contributed by atoms with Gasteiger partial charge in [0, 0.05) is 16.0 Å². The first kappa shape index (κ1) is 10.3. The van der Waals surface area contributed by atoms with E-state index in [-0.39, 0.29) is 6.10 Å². The molecule has 2 nitrogen and oxygen atoms in total. The highest BCUT2D eigenvalue weighted by Gasteiger charge is 2.24. The van der Waals surface area contributed by atoms with E-state index in [1.54, 1.807) is 11.3 Å². The summed E-state index contributed by atoms with van der Waals surface area (Å²) < 4.78 is 5.89. The summed E-state index contributed by atoms with van der Waals surface area (Å²) in [7, 11) is 0. The van der Waals surface area contributed by atoms with Crippen molar-refractivity contribution in [2.75, 3.05) is 0 Å². The summed E-state index contributed by atoms with van der Waals surface area (Å²) in [5.74, 6) is 0.830. The maximum Gasteiger partial charge on any atom is 0.161 e. The zero-order valence-electron chi connectivity index (χ0n) is 9.00. The average Bonchev–Trinajstić information content (AvgIpc) is 2.91. The normalized spacial score (nSPS) is 17.9. The highest BCUT2D eigenvalue weighted by Crippen LogP contribution is 2.37. The van der Waals surface area contributed by atoms with Crippen molar-refractivity contribution in [2.24, 2.45) is 0 Å². The molecule has 3 rings (SSSR count). The Balaban J connectivity index is 2.08. The number of carbonyl (C=O) groups is 1. The van der Waals surface area contributed by atoms with Crippen molar-refractivity contribution in [3.63, 3.8) is 0 Å². The highest BCUT2D eigenvalue weighted by atomic mass is 32.1. The molecule has 1 aromatic heterocycles. The third-order valence-electron chi connectivity index (χ3n) is 2.73. The number of benzene rings is 1. The van der Waals surface area contributed by atoms with Crippen molar-refractivity contribution in [3.05, 3.63) is 57.8 Å². The zero-order valence-corrected chi connectivity index (χ0v) is 9.81. The monoisotopic (exact) mass is 242 g/mol. The lowest BCUT2D eigenvalue weighted by Gasteiger charge is -2.23. The Labute approximate surface area is 103 Å².